The molecule has 0 aromatic heterocycles. The molecule has 1 heterocycles. The van der Waals surface area contributed by atoms with E-state index >= 15 is 0 Å². The third kappa shape index (κ3) is 5.60. The number of carbonyl (C=O) groups is 2. The molecular formula is C16H22N2O7S. The van der Waals surface area contributed by atoms with Crippen molar-refractivity contribution >= 4 is 21.9 Å². The second-order valence-corrected chi connectivity index (χ2v) is 7.55. The van der Waals surface area contributed by atoms with Crippen LogP contribution in [0.25, 0.3) is 0 Å². The van der Waals surface area contributed by atoms with Crippen LogP contribution >= 0.6 is 0 Å². The summed E-state index contributed by atoms with van der Waals surface area (Å²) in [5.74, 6) is -0.693. The first-order valence-electron chi connectivity index (χ1n) is 8.21. The Balaban J connectivity index is 1.86. The number of hydrogen-bond acceptors (Lipinski definition) is 6. The van der Waals surface area contributed by atoms with Crippen LogP contribution in [0.3, 0.4) is 0 Å². The Kier molecular flexibility index (Phi) is 6.81. The van der Waals surface area contributed by atoms with Crippen LogP contribution in [0, 0.1) is 0 Å². The van der Waals surface area contributed by atoms with E-state index in [2.05, 4.69) is 10.0 Å². The highest BCUT2D eigenvalue weighted by Gasteiger charge is 2.19. The third-order valence-corrected chi connectivity index (χ3v) is 5.11. The van der Waals surface area contributed by atoms with Crippen LogP contribution in [-0.2, 0) is 19.6 Å². The molecule has 0 bridgehead atoms. The molecule has 0 saturated heterocycles. The number of benzene rings is 1. The molecule has 1 unspecified atom stereocenters. The van der Waals surface area contributed by atoms with Gasteiger partial charge < -0.3 is 19.9 Å². The van der Waals surface area contributed by atoms with Gasteiger partial charge in [-0.1, -0.05) is 0 Å². The summed E-state index contributed by atoms with van der Waals surface area (Å²) in [6.45, 7) is 2.37. The van der Waals surface area contributed by atoms with Gasteiger partial charge in [0.1, 0.15) is 6.04 Å². The summed E-state index contributed by atoms with van der Waals surface area (Å²) >= 11 is 0. The average Bonchev–Trinajstić information content (AvgIpc) is 2.83. The Morgan fingerprint density at radius 3 is 2.62 bits per heavy atom. The first-order chi connectivity index (χ1) is 12.3. The maximum Gasteiger partial charge on any atom is 0.325 e. The summed E-state index contributed by atoms with van der Waals surface area (Å²) in [5, 5.41) is 11.0. The van der Waals surface area contributed by atoms with Crippen LogP contribution in [0.5, 0.6) is 11.5 Å². The predicted molar refractivity (Wildman–Crippen MR) is 91.7 cm³/mol. The highest BCUT2D eigenvalue weighted by atomic mass is 32.2. The lowest BCUT2D eigenvalue weighted by molar-refractivity contribution is -0.141. The fourth-order valence-electron chi connectivity index (χ4n) is 2.22. The monoisotopic (exact) mass is 386 g/mol. The van der Waals surface area contributed by atoms with Crippen molar-refractivity contribution < 1.29 is 32.6 Å². The number of sulfonamides is 1. The fourth-order valence-corrected chi connectivity index (χ4v) is 3.31. The molecular weight excluding hydrogens is 364 g/mol. The lowest BCUT2D eigenvalue weighted by Gasteiger charge is -2.11. The Bertz CT molecular complexity index is 764. The minimum Gasteiger partial charge on any atom is -0.490 e. The van der Waals surface area contributed by atoms with Gasteiger partial charge in [0.05, 0.1) is 18.1 Å². The highest BCUT2D eigenvalue weighted by molar-refractivity contribution is 7.89. The number of carboxylic acids is 1. The zero-order chi connectivity index (χ0) is 19.2. The van der Waals surface area contributed by atoms with Crippen LogP contribution in [0.15, 0.2) is 23.1 Å². The number of rotatable bonds is 8. The third-order valence-electron chi connectivity index (χ3n) is 3.65. The lowest BCUT2D eigenvalue weighted by atomic mass is 10.2. The van der Waals surface area contributed by atoms with E-state index in [0.717, 1.165) is 6.42 Å². The highest BCUT2D eigenvalue weighted by Crippen LogP contribution is 2.31. The number of carboxylic acid groups (broad SMARTS) is 1. The largest absolute Gasteiger partial charge is 0.490 e. The molecule has 3 N–H and O–H groups in total. The molecule has 1 aromatic rings. The molecule has 0 spiro atoms. The predicted octanol–water partition coefficient (Wildman–Crippen LogP) is 0.496. The van der Waals surface area contributed by atoms with Crippen molar-refractivity contribution in [3.05, 3.63) is 18.2 Å². The summed E-state index contributed by atoms with van der Waals surface area (Å²) in [4.78, 5) is 22.3. The maximum atomic E-state index is 12.3. The van der Waals surface area contributed by atoms with Gasteiger partial charge in [0.2, 0.25) is 15.9 Å². The second-order valence-electron chi connectivity index (χ2n) is 5.79. The molecule has 0 radical (unpaired) electrons. The van der Waals surface area contributed by atoms with Crippen molar-refractivity contribution in [2.45, 2.75) is 37.1 Å². The number of nitrogens with one attached hydrogen (secondary N) is 2. The number of carbonyl (C=O) groups excluding carboxylic acids is 1. The molecule has 2 rings (SSSR count). The van der Waals surface area contributed by atoms with Gasteiger partial charge in [-0.3, -0.25) is 9.59 Å². The van der Waals surface area contributed by atoms with E-state index in [9.17, 15) is 18.0 Å². The summed E-state index contributed by atoms with van der Waals surface area (Å²) in [6, 6.07) is 3.40. The van der Waals surface area contributed by atoms with Crippen molar-refractivity contribution in [1.82, 2.24) is 10.0 Å². The van der Waals surface area contributed by atoms with Gasteiger partial charge in [0.25, 0.3) is 0 Å². The molecule has 0 fully saturated rings. The van der Waals surface area contributed by atoms with Gasteiger partial charge in [0, 0.05) is 25.5 Å². The van der Waals surface area contributed by atoms with E-state index in [1.165, 1.54) is 19.1 Å². The van der Waals surface area contributed by atoms with Gasteiger partial charge >= 0.3 is 5.97 Å². The van der Waals surface area contributed by atoms with Crippen LogP contribution in [-0.4, -0.2) is 51.2 Å². The molecule has 26 heavy (non-hydrogen) atoms. The SMILES string of the molecule is CC(NC(=O)CCCNS(=O)(=O)c1ccc2c(c1)OCCCO2)C(=O)O. The molecule has 0 saturated carbocycles. The average molecular weight is 386 g/mol. The Morgan fingerprint density at radius 2 is 1.92 bits per heavy atom. The first kappa shape index (κ1) is 20.0. The number of amides is 1. The van der Waals surface area contributed by atoms with Gasteiger partial charge in [-0.2, -0.15) is 0 Å². The van der Waals surface area contributed by atoms with Crippen molar-refractivity contribution in [1.29, 1.82) is 0 Å². The summed E-state index contributed by atoms with van der Waals surface area (Å²) in [5.41, 5.74) is 0. The van der Waals surface area contributed by atoms with Gasteiger partial charge in [-0.25, -0.2) is 13.1 Å². The molecule has 1 aliphatic rings. The molecule has 1 amide bonds. The summed E-state index contributed by atoms with van der Waals surface area (Å²) in [7, 11) is -3.75. The van der Waals surface area contributed by atoms with Gasteiger partial charge in [-0.15, -0.1) is 0 Å². The van der Waals surface area contributed by atoms with E-state index in [0.29, 0.717) is 24.7 Å². The molecule has 9 nitrogen and oxygen atoms in total. The number of hydrogen-bond donors (Lipinski definition) is 3. The standard InChI is InChI=1S/C16H22N2O7S/c1-11(16(20)21)18-15(19)4-2-7-17-26(22,23)12-5-6-13-14(10-12)25-9-3-8-24-13/h5-6,10-11,17H,2-4,7-9H2,1H3,(H,18,19)(H,20,21). The minimum absolute atomic E-state index is 0.0152. The Hall–Kier alpha value is -2.33. The topological polar surface area (TPSA) is 131 Å². The normalized spacial score (nSPS) is 15.0. The van der Waals surface area contributed by atoms with Crippen molar-refractivity contribution in [3.8, 4) is 11.5 Å². The smallest absolute Gasteiger partial charge is 0.325 e. The van der Waals surface area contributed by atoms with Crippen molar-refractivity contribution in [2.24, 2.45) is 0 Å². The number of fused-ring (bicyclic) bond motifs is 1. The molecule has 1 aromatic carbocycles. The van der Waals surface area contributed by atoms with Crippen molar-refractivity contribution in [2.75, 3.05) is 19.8 Å². The molecule has 1 aliphatic heterocycles. The van der Waals surface area contributed by atoms with Crippen molar-refractivity contribution in [3.63, 3.8) is 0 Å². The van der Waals surface area contributed by atoms with Gasteiger partial charge in [-0.05, 0) is 25.5 Å². The molecule has 10 heteroatoms. The Morgan fingerprint density at radius 1 is 1.23 bits per heavy atom. The van der Waals surface area contributed by atoms with Crippen LogP contribution in [0.4, 0.5) is 0 Å². The van der Waals surface area contributed by atoms with E-state index in [-0.39, 0.29) is 24.3 Å². The quantitative estimate of drug-likeness (QED) is 0.554. The summed E-state index contributed by atoms with van der Waals surface area (Å²) < 4.78 is 38.0. The molecule has 144 valence electrons. The van der Waals surface area contributed by atoms with E-state index in [1.54, 1.807) is 6.07 Å². The Labute approximate surface area is 151 Å². The van der Waals surface area contributed by atoms with Crippen LogP contribution in [0.1, 0.15) is 26.2 Å². The number of aliphatic carboxylic acids is 1. The van der Waals surface area contributed by atoms with Gasteiger partial charge in [0.15, 0.2) is 11.5 Å². The molecule has 1 atom stereocenters. The maximum absolute atomic E-state index is 12.3. The lowest BCUT2D eigenvalue weighted by Crippen LogP contribution is -2.38. The van der Waals surface area contributed by atoms with Crippen LogP contribution < -0.4 is 19.5 Å². The zero-order valence-electron chi connectivity index (χ0n) is 14.4. The van der Waals surface area contributed by atoms with E-state index < -0.39 is 27.9 Å². The molecule has 0 aliphatic carbocycles. The van der Waals surface area contributed by atoms with E-state index in [4.69, 9.17) is 14.6 Å². The van der Waals surface area contributed by atoms with E-state index in [1.807, 2.05) is 0 Å². The van der Waals surface area contributed by atoms with Crippen LogP contribution in [0.2, 0.25) is 0 Å². The zero-order valence-corrected chi connectivity index (χ0v) is 15.2. The second kappa shape index (κ2) is 8.86. The number of ether oxygens (including phenoxy) is 2. The summed E-state index contributed by atoms with van der Waals surface area (Å²) in [6.07, 6.45) is 0.973. The fraction of sp³-hybridized carbons (Fsp3) is 0.500. The minimum atomic E-state index is -3.75. The first-order valence-corrected chi connectivity index (χ1v) is 9.69.